The Bertz CT molecular complexity index is 750. The third kappa shape index (κ3) is 4.26. The average molecular weight is 405 g/mol. The quantitative estimate of drug-likeness (QED) is 0.391. The minimum atomic E-state index is -1.17. The summed E-state index contributed by atoms with van der Waals surface area (Å²) < 4.78 is 10.4. The van der Waals surface area contributed by atoms with Gasteiger partial charge in [-0.2, -0.15) is 0 Å². The standard InChI is InChI=1S/C23H32O6/c1-15-7-10-23(3)17(14-29-20(26)13-19(24)25)5-4-6-18(23)22(15,2)11-8-16-9-12-28-21(16)27/h5,9,15,18H,4,6-8,10-14H2,1-3H3,(H,24,25)/t15-,18-,22+,23+/m1/s1. The lowest BCUT2D eigenvalue weighted by atomic mass is 9.47. The number of hydrogen-bond acceptors (Lipinski definition) is 5. The van der Waals surface area contributed by atoms with E-state index < -0.39 is 18.4 Å². The first-order valence-electron chi connectivity index (χ1n) is 10.6. The number of esters is 2. The van der Waals surface area contributed by atoms with Crippen LogP contribution in [0.25, 0.3) is 0 Å². The molecule has 0 radical (unpaired) electrons. The molecular formula is C23H32O6. The Morgan fingerprint density at radius 1 is 1.28 bits per heavy atom. The third-order valence-electron chi connectivity index (χ3n) is 7.79. The highest BCUT2D eigenvalue weighted by molar-refractivity contribution is 5.90. The molecule has 3 rings (SSSR count). The molecule has 0 amide bonds. The predicted molar refractivity (Wildman–Crippen MR) is 107 cm³/mol. The SMILES string of the molecule is C[C@@H]1CC[C@@]2(C)C(COC(=O)CC(=O)O)=CCC[C@@H]2[C@@]1(C)CCC1=CCOC1=O. The van der Waals surface area contributed by atoms with Crippen molar-refractivity contribution in [2.45, 2.75) is 65.7 Å². The van der Waals surface area contributed by atoms with Crippen molar-refractivity contribution in [3.63, 3.8) is 0 Å². The number of carboxylic acids is 1. The molecule has 0 aromatic heterocycles. The highest BCUT2D eigenvalue weighted by atomic mass is 16.5. The van der Waals surface area contributed by atoms with E-state index in [-0.39, 0.29) is 23.4 Å². The van der Waals surface area contributed by atoms with Gasteiger partial charge in [0.05, 0.1) is 0 Å². The van der Waals surface area contributed by atoms with E-state index in [2.05, 4.69) is 26.8 Å². The lowest BCUT2D eigenvalue weighted by molar-refractivity contribution is -0.151. The van der Waals surface area contributed by atoms with Gasteiger partial charge >= 0.3 is 17.9 Å². The van der Waals surface area contributed by atoms with Crippen molar-refractivity contribution < 1.29 is 29.0 Å². The van der Waals surface area contributed by atoms with Gasteiger partial charge in [0.25, 0.3) is 0 Å². The second-order valence-electron chi connectivity index (χ2n) is 9.28. The molecule has 3 aliphatic rings. The third-order valence-corrected chi connectivity index (χ3v) is 7.79. The molecule has 2 aliphatic carbocycles. The summed E-state index contributed by atoms with van der Waals surface area (Å²) in [6.07, 6.45) is 9.25. The Morgan fingerprint density at radius 3 is 2.69 bits per heavy atom. The molecule has 160 valence electrons. The molecule has 1 heterocycles. The summed E-state index contributed by atoms with van der Waals surface area (Å²) in [5.41, 5.74) is 1.90. The van der Waals surface area contributed by atoms with Crippen molar-refractivity contribution in [1.82, 2.24) is 0 Å². The summed E-state index contributed by atoms with van der Waals surface area (Å²) in [4.78, 5) is 34.3. The van der Waals surface area contributed by atoms with Crippen molar-refractivity contribution in [3.8, 4) is 0 Å². The summed E-state index contributed by atoms with van der Waals surface area (Å²) >= 11 is 0. The van der Waals surface area contributed by atoms with Gasteiger partial charge in [0, 0.05) is 5.57 Å². The molecule has 4 atom stereocenters. The number of carbonyl (C=O) groups is 3. The van der Waals surface area contributed by atoms with Crippen molar-refractivity contribution in [3.05, 3.63) is 23.3 Å². The van der Waals surface area contributed by atoms with Crippen LogP contribution >= 0.6 is 0 Å². The van der Waals surface area contributed by atoms with E-state index in [1.165, 1.54) is 0 Å². The number of fused-ring (bicyclic) bond motifs is 1. The normalized spacial score (nSPS) is 34.0. The highest BCUT2D eigenvalue weighted by Crippen LogP contribution is 2.62. The Hall–Kier alpha value is -2.11. The van der Waals surface area contributed by atoms with E-state index in [4.69, 9.17) is 14.6 Å². The number of allylic oxidation sites excluding steroid dienone is 1. The first-order valence-corrected chi connectivity index (χ1v) is 10.6. The fourth-order valence-corrected chi connectivity index (χ4v) is 5.76. The maximum Gasteiger partial charge on any atom is 0.334 e. The molecule has 1 aliphatic heterocycles. The highest BCUT2D eigenvalue weighted by Gasteiger charge is 2.54. The fraction of sp³-hybridized carbons (Fsp3) is 0.696. The van der Waals surface area contributed by atoms with Gasteiger partial charge in [-0.25, -0.2) is 4.79 Å². The van der Waals surface area contributed by atoms with E-state index >= 15 is 0 Å². The van der Waals surface area contributed by atoms with E-state index in [1.54, 1.807) is 0 Å². The summed E-state index contributed by atoms with van der Waals surface area (Å²) in [6.45, 7) is 7.48. The van der Waals surface area contributed by atoms with E-state index in [0.29, 0.717) is 18.4 Å². The second-order valence-corrected chi connectivity index (χ2v) is 9.28. The zero-order chi connectivity index (χ0) is 21.2. The van der Waals surface area contributed by atoms with Gasteiger partial charge in [-0.05, 0) is 72.8 Å². The molecule has 0 saturated heterocycles. The van der Waals surface area contributed by atoms with Gasteiger partial charge in [-0.15, -0.1) is 0 Å². The number of cyclic esters (lactones) is 1. The molecule has 6 heteroatoms. The molecule has 1 saturated carbocycles. The Kier molecular flexibility index (Phi) is 6.20. The minimum Gasteiger partial charge on any atom is -0.481 e. The number of aliphatic carboxylic acids is 1. The molecule has 6 nitrogen and oxygen atoms in total. The largest absolute Gasteiger partial charge is 0.481 e. The van der Waals surface area contributed by atoms with Crippen molar-refractivity contribution in [2.75, 3.05) is 13.2 Å². The monoisotopic (exact) mass is 404 g/mol. The molecule has 29 heavy (non-hydrogen) atoms. The van der Waals surface area contributed by atoms with Crippen LogP contribution in [0.3, 0.4) is 0 Å². The predicted octanol–water partition coefficient (Wildman–Crippen LogP) is 4.05. The van der Waals surface area contributed by atoms with Crippen molar-refractivity contribution in [1.29, 1.82) is 0 Å². The van der Waals surface area contributed by atoms with Gasteiger partial charge in [0.2, 0.25) is 0 Å². The Balaban J connectivity index is 1.74. The van der Waals surface area contributed by atoms with Crippen LogP contribution in [0.1, 0.15) is 65.7 Å². The molecule has 0 bridgehead atoms. The molecule has 1 N–H and O–H groups in total. The van der Waals surface area contributed by atoms with Crippen LogP contribution in [0.15, 0.2) is 23.3 Å². The summed E-state index contributed by atoms with van der Waals surface area (Å²) in [5.74, 6) is -1.09. The fourth-order valence-electron chi connectivity index (χ4n) is 5.76. The van der Waals surface area contributed by atoms with Gasteiger partial charge in [-0.1, -0.05) is 26.8 Å². The Morgan fingerprint density at radius 2 is 2.03 bits per heavy atom. The van der Waals surface area contributed by atoms with Crippen LogP contribution in [0.2, 0.25) is 0 Å². The molecular weight excluding hydrogens is 372 g/mol. The number of rotatable bonds is 7. The first-order chi connectivity index (χ1) is 13.7. The van der Waals surface area contributed by atoms with Gasteiger partial charge < -0.3 is 14.6 Å². The first kappa shape index (κ1) is 21.6. The molecule has 0 spiro atoms. The zero-order valence-corrected chi connectivity index (χ0v) is 17.7. The number of carbonyl (C=O) groups excluding carboxylic acids is 2. The maximum absolute atomic E-state index is 11.9. The lowest BCUT2D eigenvalue weighted by Crippen LogP contribution is -2.50. The van der Waals surface area contributed by atoms with E-state index in [0.717, 1.165) is 49.7 Å². The zero-order valence-electron chi connectivity index (χ0n) is 17.7. The number of hydrogen-bond donors (Lipinski definition) is 1. The van der Waals surface area contributed by atoms with Gasteiger partial charge in [-0.3, -0.25) is 9.59 Å². The molecule has 0 unspecified atom stereocenters. The van der Waals surface area contributed by atoms with Crippen LogP contribution in [0.4, 0.5) is 0 Å². The van der Waals surface area contributed by atoms with Gasteiger partial charge in [0.15, 0.2) is 0 Å². The van der Waals surface area contributed by atoms with Crippen LogP contribution in [-0.2, 0) is 23.9 Å². The molecule has 1 fully saturated rings. The average Bonchev–Trinajstić information content (AvgIpc) is 3.07. The lowest BCUT2D eigenvalue weighted by Gasteiger charge is -2.58. The minimum absolute atomic E-state index is 0.0707. The van der Waals surface area contributed by atoms with E-state index in [9.17, 15) is 14.4 Å². The maximum atomic E-state index is 11.9. The van der Waals surface area contributed by atoms with Gasteiger partial charge in [0.1, 0.15) is 19.6 Å². The summed E-state index contributed by atoms with van der Waals surface area (Å²) in [6, 6.07) is 0. The summed E-state index contributed by atoms with van der Waals surface area (Å²) in [5, 5.41) is 8.77. The second kappa shape index (κ2) is 8.33. The smallest absolute Gasteiger partial charge is 0.334 e. The van der Waals surface area contributed by atoms with E-state index in [1.807, 2.05) is 6.08 Å². The molecule has 0 aromatic carbocycles. The molecule has 0 aromatic rings. The van der Waals surface area contributed by atoms with Crippen LogP contribution in [0, 0.1) is 22.7 Å². The number of ether oxygens (including phenoxy) is 2. The van der Waals surface area contributed by atoms with Crippen LogP contribution < -0.4 is 0 Å². The topological polar surface area (TPSA) is 89.9 Å². The number of carboxylic acid groups (broad SMARTS) is 1. The van der Waals surface area contributed by atoms with Crippen LogP contribution in [-0.4, -0.2) is 36.2 Å². The van der Waals surface area contributed by atoms with Crippen LogP contribution in [0.5, 0.6) is 0 Å². The van der Waals surface area contributed by atoms with Crippen molar-refractivity contribution in [2.24, 2.45) is 22.7 Å². The van der Waals surface area contributed by atoms with Crippen molar-refractivity contribution >= 4 is 17.9 Å². The summed E-state index contributed by atoms with van der Waals surface area (Å²) in [7, 11) is 0. The Labute approximate surface area is 172 Å².